The molecule has 13 heavy (non-hydrogen) atoms. The number of rotatable bonds is 5. The Kier molecular flexibility index (Phi) is 4.18. The predicted molar refractivity (Wildman–Crippen MR) is 51.6 cm³/mol. The molecule has 0 saturated heterocycles. The lowest BCUT2D eigenvalue weighted by atomic mass is 10.2. The van der Waals surface area contributed by atoms with Gasteiger partial charge in [-0.3, -0.25) is 0 Å². The largest absolute Gasteiger partial charge is 0.383 e. The molecule has 0 saturated carbocycles. The third-order valence-electron chi connectivity index (χ3n) is 1.79. The van der Waals surface area contributed by atoms with Gasteiger partial charge >= 0.3 is 0 Å². The minimum atomic E-state index is 0.330. The van der Waals surface area contributed by atoms with Gasteiger partial charge in [0.15, 0.2) is 0 Å². The van der Waals surface area contributed by atoms with Gasteiger partial charge in [0.1, 0.15) is 6.33 Å². The molecule has 0 aliphatic rings. The SMILES string of the molecule is CCC(COC)Nc1cncnc1. The molecule has 0 radical (unpaired) electrons. The van der Waals surface area contributed by atoms with Crippen molar-refractivity contribution in [1.82, 2.24) is 9.97 Å². The summed E-state index contributed by atoms with van der Waals surface area (Å²) in [6.07, 6.45) is 6.04. The molecule has 0 amide bonds. The van der Waals surface area contributed by atoms with E-state index >= 15 is 0 Å². The topological polar surface area (TPSA) is 47.0 Å². The minimum absolute atomic E-state index is 0.330. The fraction of sp³-hybridized carbons (Fsp3) is 0.556. The van der Waals surface area contributed by atoms with Crippen LogP contribution in [0.4, 0.5) is 5.69 Å². The molecular formula is C9H15N3O. The molecule has 1 unspecified atom stereocenters. The Morgan fingerprint density at radius 2 is 2.15 bits per heavy atom. The van der Waals surface area contributed by atoms with Gasteiger partial charge in [-0.2, -0.15) is 0 Å². The Hall–Kier alpha value is -1.16. The highest BCUT2D eigenvalue weighted by Gasteiger charge is 2.04. The van der Waals surface area contributed by atoms with E-state index in [1.807, 2.05) is 0 Å². The van der Waals surface area contributed by atoms with E-state index in [-0.39, 0.29) is 0 Å². The number of methoxy groups -OCH3 is 1. The molecule has 0 fully saturated rings. The van der Waals surface area contributed by atoms with Crippen molar-refractivity contribution in [2.75, 3.05) is 19.0 Å². The molecule has 1 atom stereocenters. The van der Waals surface area contributed by atoms with Gasteiger partial charge in [0.05, 0.1) is 24.7 Å². The zero-order valence-electron chi connectivity index (χ0n) is 8.03. The van der Waals surface area contributed by atoms with Crippen molar-refractivity contribution in [2.45, 2.75) is 19.4 Å². The maximum absolute atomic E-state index is 5.06. The number of nitrogens with zero attached hydrogens (tertiary/aromatic N) is 2. The first kappa shape index (κ1) is 9.92. The maximum Gasteiger partial charge on any atom is 0.115 e. The van der Waals surface area contributed by atoms with Crippen molar-refractivity contribution in [3.63, 3.8) is 0 Å². The van der Waals surface area contributed by atoms with E-state index in [9.17, 15) is 0 Å². The molecule has 1 heterocycles. The lowest BCUT2D eigenvalue weighted by Crippen LogP contribution is -2.23. The van der Waals surface area contributed by atoms with Gasteiger partial charge in [0, 0.05) is 13.2 Å². The molecule has 1 aromatic heterocycles. The summed E-state index contributed by atoms with van der Waals surface area (Å²) in [7, 11) is 1.70. The second-order valence-corrected chi connectivity index (χ2v) is 2.83. The molecule has 4 nitrogen and oxygen atoms in total. The van der Waals surface area contributed by atoms with E-state index in [0.29, 0.717) is 12.6 Å². The Morgan fingerprint density at radius 3 is 2.69 bits per heavy atom. The van der Waals surface area contributed by atoms with Crippen molar-refractivity contribution in [1.29, 1.82) is 0 Å². The number of anilines is 1. The summed E-state index contributed by atoms with van der Waals surface area (Å²) in [5.74, 6) is 0. The zero-order valence-corrected chi connectivity index (χ0v) is 8.03. The van der Waals surface area contributed by atoms with Crippen molar-refractivity contribution in [3.05, 3.63) is 18.7 Å². The highest BCUT2D eigenvalue weighted by atomic mass is 16.5. The second kappa shape index (κ2) is 5.48. The molecule has 0 bridgehead atoms. The quantitative estimate of drug-likeness (QED) is 0.744. The second-order valence-electron chi connectivity index (χ2n) is 2.83. The molecule has 1 aromatic rings. The van der Waals surface area contributed by atoms with Crippen LogP contribution in [-0.4, -0.2) is 29.7 Å². The van der Waals surface area contributed by atoms with E-state index in [2.05, 4.69) is 22.2 Å². The van der Waals surface area contributed by atoms with Gasteiger partial charge in [-0.05, 0) is 6.42 Å². The highest BCUT2D eigenvalue weighted by Crippen LogP contribution is 2.05. The molecule has 0 spiro atoms. The van der Waals surface area contributed by atoms with Crippen LogP contribution in [0.2, 0.25) is 0 Å². The Morgan fingerprint density at radius 1 is 1.46 bits per heavy atom. The third kappa shape index (κ3) is 3.38. The summed E-state index contributed by atoms with van der Waals surface area (Å²) in [5.41, 5.74) is 0.936. The summed E-state index contributed by atoms with van der Waals surface area (Å²) in [6, 6.07) is 0.330. The van der Waals surface area contributed by atoms with Gasteiger partial charge in [0.25, 0.3) is 0 Å². The van der Waals surface area contributed by atoms with Crippen molar-refractivity contribution < 1.29 is 4.74 Å². The van der Waals surface area contributed by atoms with E-state index in [4.69, 9.17) is 4.74 Å². The summed E-state index contributed by atoms with van der Waals surface area (Å²) in [4.78, 5) is 7.84. The monoisotopic (exact) mass is 181 g/mol. The van der Waals surface area contributed by atoms with Crippen LogP contribution in [0.15, 0.2) is 18.7 Å². The van der Waals surface area contributed by atoms with E-state index < -0.39 is 0 Å². The number of aromatic nitrogens is 2. The molecule has 1 N–H and O–H groups in total. The first-order valence-corrected chi connectivity index (χ1v) is 4.37. The average molecular weight is 181 g/mol. The van der Waals surface area contributed by atoms with Gasteiger partial charge in [-0.15, -0.1) is 0 Å². The fourth-order valence-electron chi connectivity index (χ4n) is 1.07. The molecule has 0 aromatic carbocycles. The summed E-state index contributed by atoms with van der Waals surface area (Å²) in [5, 5.41) is 3.28. The molecule has 1 rings (SSSR count). The Bertz CT molecular complexity index is 228. The van der Waals surface area contributed by atoms with E-state index in [0.717, 1.165) is 12.1 Å². The molecular weight excluding hydrogens is 166 g/mol. The van der Waals surface area contributed by atoms with Crippen LogP contribution in [0.25, 0.3) is 0 Å². The lowest BCUT2D eigenvalue weighted by molar-refractivity contribution is 0.184. The summed E-state index contributed by atoms with van der Waals surface area (Å²) >= 11 is 0. The summed E-state index contributed by atoms with van der Waals surface area (Å²) in [6.45, 7) is 2.81. The molecule has 0 aliphatic heterocycles. The number of hydrogen-bond donors (Lipinski definition) is 1. The standard InChI is InChI=1S/C9H15N3O/c1-3-8(6-13-2)12-9-4-10-7-11-5-9/h4-5,7-8,12H,3,6H2,1-2H3. The minimum Gasteiger partial charge on any atom is -0.383 e. The normalized spacial score (nSPS) is 12.5. The lowest BCUT2D eigenvalue weighted by Gasteiger charge is -2.16. The Balaban J connectivity index is 2.46. The fourth-order valence-corrected chi connectivity index (χ4v) is 1.07. The summed E-state index contributed by atoms with van der Waals surface area (Å²) < 4.78 is 5.06. The molecule has 72 valence electrons. The van der Waals surface area contributed by atoms with E-state index in [1.165, 1.54) is 6.33 Å². The van der Waals surface area contributed by atoms with Gasteiger partial charge in [-0.25, -0.2) is 9.97 Å². The van der Waals surface area contributed by atoms with Gasteiger partial charge in [0.2, 0.25) is 0 Å². The maximum atomic E-state index is 5.06. The first-order chi connectivity index (χ1) is 6.36. The van der Waals surface area contributed by atoms with Crippen LogP contribution in [0.1, 0.15) is 13.3 Å². The van der Waals surface area contributed by atoms with Gasteiger partial charge < -0.3 is 10.1 Å². The average Bonchev–Trinajstić information content (AvgIpc) is 2.19. The highest BCUT2D eigenvalue weighted by molar-refractivity contribution is 5.38. The van der Waals surface area contributed by atoms with Crippen LogP contribution in [0.3, 0.4) is 0 Å². The number of hydrogen-bond acceptors (Lipinski definition) is 4. The van der Waals surface area contributed by atoms with Gasteiger partial charge in [-0.1, -0.05) is 6.92 Å². The molecule has 4 heteroatoms. The third-order valence-corrected chi connectivity index (χ3v) is 1.79. The van der Waals surface area contributed by atoms with Crippen LogP contribution < -0.4 is 5.32 Å². The first-order valence-electron chi connectivity index (χ1n) is 4.37. The number of nitrogens with one attached hydrogen (secondary N) is 1. The van der Waals surface area contributed by atoms with Crippen LogP contribution in [0.5, 0.6) is 0 Å². The van der Waals surface area contributed by atoms with Crippen molar-refractivity contribution >= 4 is 5.69 Å². The Labute approximate surface area is 78.4 Å². The zero-order chi connectivity index (χ0) is 9.52. The van der Waals surface area contributed by atoms with Crippen LogP contribution in [0, 0.1) is 0 Å². The van der Waals surface area contributed by atoms with Crippen LogP contribution in [-0.2, 0) is 4.74 Å². The predicted octanol–water partition coefficient (Wildman–Crippen LogP) is 1.31. The molecule has 0 aliphatic carbocycles. The van der Waals surface area contributed by atoms with Crippen LogP contribution >= 0.6 is 0 Å². The smallest absolute Gasteiger partial charge is 0.115 e. The van der Waals surface area contributed by atoms with Crippen molar-refractivity contribution in [2.24, 2.45) is 0 Å². The van der Waals surface area contributed by atoms with E-state index in [1.54, 1.807) is 19.5 Å². The van der Waals surface area contributed by atoms with Crippen molar-refractivity contribution in [3.8, 4) is 0 Å². The number of ether oxygens (including phenoxy) is 1.